The molecule has 1 atom stereocenters. The maximum absolute atomic E-state index is 12.5. The first kappa shape index (κ1) is 19.4. The molecule has 0 fully saturated rings. The van der Waals surface area contributed by atoms with Gasteiger partial charge in [-0.15, -0.1) is 0 Å². The number of hydrogen-bond acceptors (Lipinski definition) is 4. The first-order chi connectivity index (χ1) is 11.8. The van der Waals surface area contributed by atoms with Crippen LogP contribution in [0.4, 0.5) is 0 Å². The number of nitrogens with zero attached hydrogens (tertiary/aromatic N) is 1. The highest BCUT2D eigenvalue weighted by Crippen LogP contribution is 2.15. The van der Waals surface area contributed by atoms with Gasteiger partial charge in [-0.3, -0.25) is 9.78 Å². The van der Waals surface area contributed by atoms with Gasteiger partial charge in [0.05, 0.1) is 17.1 Å². The Morgan fingerprint density at radius 2 is 1.84 bits per heavy atom. The number of benzene rings is 1. The van der Waals surface area contributed by atoms with E-state index in [0.717, 1.165) is 0 Å². The molecule has 1 aromatic carbocycles. The zero-order valence-electron chi connectivity index (χ0n) is 13.9. The Labute approximate surface area is 152 Å². The molecule has 0 aliphatic carbocycles. The molecular weight excluding hydrogens is 362 g/mol. The molecule has 1 amide bonds. The van der Waals surface area contributed by atoms with Crippen molar-refractivity contribution in [3.8, 4) is 0 Å². The van der Waals surface area contributed by atoms with Crippen LogP contribution in [0.5, 0.6) is 0 Å². The largest absolute Gasteiger partial charge is 0.349 e. The van der Waals surface area contributed by atoms with Gasteiger partial charge in [-0.05, 0) is 42.3 Å². The quantitative estimate of drug-likeness (QED) is 0.770. The molecule has 1 heterocycles. The molecule has 0 bridgehead atoms. The van der Waals surface area contributed by atoms with E-state index in [4.69, 9.17) is 11.6 Å². The van der Waals surface area contributed by atoms with Crippen LogP contribution in [-0.4, -0.2) is 25.4 Å². The molecule has 0 aliphatic heterocycles. The zero-order chi connectivity index (χ0) is 18.4. The van der Waals surface area contributed by atoms with Crippen molar-refractivity contribution in [2.24, 2.45) is 5.92 Å². The van der Waals surface area contributed by atoms with Gasteiger partial charge in [-0.25, -0.2) is 8.42 Å². The fraction of sp³-hybridized carbons (Fsp3) is 0.294. The summed E-state index contributed by atoms with van der Waals surface area (Å²) in [5.41, 5.74) is 0.693. The van der Waals surface area contributed by atoms with Gasteiger partial charge in [0.1, 0.15) is 6.04 Å². The second kappa shape index (κ2) is 8.42. The molecule has 2 rings (SSSR count). The first-order valence-electron chi connectivity index (χ1n) is 7.75. The molecule has 8 heteroatoms. The lowest BCUT2D eigenvalue weighted by molar-refractivity contribution is -0.123. The molecule has 134 valence electrons. The fourth-order valence-corrected chi connectivity index (χ4v) is 3.60. The third-order valence-electron chi connectivity index (χ3n) is 3.53. The third kappa shape index (κ3) is 5.52. The number of hydrogen-bond donors (Lipinski definition) is 2. The minimum Gasteiger partial charge on any atom is -0.349 e. The van der Waals surface area contributed by atoms with Crippen LogP contribution in [0.1, 0.15) is 19.5 Å². The van der Waals surface area contributed by atoms with E-state index in [1.807, 2.05) is 6.07 Å². The summed E-state index contributed by atoms with van der Waals surface area (Å²) in [4.78, 5) is 16.6. The Hall–Kier alpha value is -1.96. The minimum absolute atomic E-state index is 0.0556. The molecule has 1 aromatic heterocycles. The van der Waals surface area contributed by atoms with E-state index >= 15 is 0 Å². The third-order valence-corrected chi connectivity index (χ3v) is 5.23. The van der Waals surface area contributed by atoms with Gasteiger partial charge in [0.15, 0.2) is 0 Å². The fourth-order valence-electron chi connectivity index (χ4n) is 2.13. The number of aromatic nitrogens is 1. The van der Waals surface area contributed by atoms with Gasteiger partial charge >= 0.3 is 0 Å². The zero-order valence-corrected chi connectivity index (χ0v) is 15.5. The summed E-state index contributed by atoms with van der Waals surface area (Å²) >= 11 is 5.78. The van der Waals surface area contributed by atoms with E-state index in [2.05, 4.69) is 15.0 Å². The molecule has 0 saturated heterocycles. The van der Waals surface area contributed by atoms with Gasteiger partial charge in [-0.2, -0.15) is 4.72 Å². The highest BCUT2D eigenvalue weighted by atomic mass is 35.5. The average molecular weight is 382 g/mol. The predicted molar refractivity (Wildman–Crippen MR) is 96.5 cm³/mol. The van der Waals surface area contributed by atoms with Crippen molar-refractivity contribution in [2.45, 2.75) is 31.3 Å². The Morgan fingerprint density at radius 3 is 2.40 bits per heavy atom. The number of pyridine rings is 1. The van der Waals surface area contributed by atoms with Crippen LogP contribution in [0.25, 0.3) is 0 Å². The molecule has 0 unspecified atom stereocenters. The van der Waals surface area contributed by atoms with Gasteiger partial charge < -0.3 is 5.32 Å². The number of carbonyl (C=O) groups excluding carboxylic acids is 1. The van der Waals surface area contributed by atoms with Crippen molar-refractivity contribution in [1.82, 2.24) is 15.0 Å². The highest BCUT2D eigenvalue weighted by molar-refractivity contribution is 7.89. The van der Waals surface area contributed by atoms with Gasteiger partial charge in [0, 0.05) is 11.2 Å². The van der Waals surface area contributed by atoms with Crippen LogP contribution >= 0.6 is 11.6 Å². The van der Waals surface area contributed by atoms with Crippen LogP contribution in [-0.2, 0) is 21.4 Å². The number of sulfonamides is 1. The average Bonchev–Trinajstić information content (AvgIpc) is 2.58. The smallest absolute Gasteiger partial charge is 0.241 e. The van der Waals surface area contributed by atoms with E-state index in [9.17, 15) is 13.2 Å². The Balaban J connectivity index is 2.09. The number of halogens is 1. The standard InChI is InChI=1S/C17H20ClN3O3S/c1-12(2)16(17(22)20-11-14-5-3-4-10-19-14)21-25(23,24)15-8-6-13(18)7-9-15/h3-10,12,16,21H,11H2,1-2H3,(H,20,22)/t16-/m0/s1. The number of carbonyl (C=O) groups is 1. The predicted octanol–water partition coefficient (Wildman–Crippen LogP) is 2.35. The summed E-state index contributed by atoms with van der Waals surface area (Å²) in [6, 6.07) is 10.2. The molecule has 0 radical (unpaired) electrons. The van der Waals surface area contributed by atoms with E-state index in [1.54, 1.807) is 32.2 Å². The lowest BCUT2D eigenvalue weighted by Gasteiger charge is -2.21. The second-order valence-corrected chi connectivity index (χ2v) is 7.99. The van der Waals surface area contributed by atoms with Crippen molar-refractivity contribution in [1.29, 1.82) is 0 Å². The van der Waals surface area contributed by atoms with Crippen molar-refractivity contribution < 1.29 is 13.2 Å². The monoisotopic (exact) mass is 381 g/mol. The summed E-state index contributed by atoms with van der Waals surface area (Å²) in [5.74, 6) is -0.635. The topological polar surface area (TPSA) is 88.2 Å². The van der Waals surface area contributed by atoms with Crippen molar-refractivity contribution >= 4 is 27.5 Å². The van der Waals surface area contributed by atoms with Crippen LogP contribution in [0.15, 0.2) is 53.6 Å². The van der Waals surface area contributed by atoms with Gasteiger partial charge in [0.2, 0.25) is 15.9 Å². The summed E-state index contributed by atoms with van der Waals surface area (Å²) in [6.45, 7) is 3.77. The first-order valence-corrected chi connectivity index (χ1v) is 9.61. The summed E-state index contributed by atoms with van der Waals surface area (Å²) in [7, 11) is -3.83. The van der Waals surface area contributed by atoms with E-state index < -0.39 is 22.0 Å². The molecule has 0 spiro atoms. The Morgan fingerprint density at radius 1 is 1.16 bits per heavy atom. The Bertz CT molecular complexity index is 809. The van der Waals surface area contributed by atoms with Crippen LogP contribution in [0.2, 0.25) is 5.02 Å². The minimum atomic E-state index is -3.83. The van der Waals surface area contributed by atoms with Crippen LogP contribution < -0.4 is 10.0 Å². The number of nitrogens with one attached hydrogen (secondary N) is 2. The summed E-state index contributed by atoms with van der Waals surface area (Å²) < 4.78 is 27.4. The molecule has 2 aromatic rings. The number of amides is 1. The molecule has 0 aliphatic rings. The maximum atomic E-state index is 12.5. The number of rotatable bonds is 7. The second-order valence-electron chi connectivity index (χ2n) is 5.84. The molecule has 6 nitrogen and oxygen atoms in total. The van der Waals surface area contributed by atoms with Crippen molar-refractivity contribution in [3.05, 3.63) is 59.4 Å². The van der Waals surface area contributed by atoms with Gasteiger partial charge in [-0.1, -0.05) is 31.5 Å². The maximum Gasteiger partial charge on any atom is 0.241 e. The molecule has 2 N–H and O–H groups in total. The van der Waals surface area contributed by atoms with Crippen LogP contribution in [0.3, 0.4) is 0 Å². The normalized spacial score (nSPS) is 12.8. The van der Waals surface area contributed by atoms with Gasteiger partial charge in [0.25, 0.3) is 0 Å². The lowest BCUT2D eigenvalue weighted by Crippen LogP contribution is -2.49. The van der Waals surface area contributed by atoms with Crippen LogP contribution in [0, 0.1) is 5.92 Å². The van der Waals surface area contributed by atoms with Crippen molar-refractivity contribution in [3.63, 3.8) is 0 Å². The summed E-state index contributed by atoms with van der Waals surface area (Å²) in [6.07, 6.45) is 1.63. The van der Waals surface area contributed by atoms with E-state index in [-0.39, 0.29) is 17.4 Å². The molecule has 0 saturated carbocycles. The SMILES string of the molecule is CC(C)[C@H](NS(=O)(=O)c1ccc(Cl)cc1)C(=O)NCc1ccccn1. The lowest BCUT2D eigenvalue weighted by atomic mass is 10.1. The highest BCUT2D eigenvalue weighted by Gasteiger charge is 2.28. The molecule has 25 heavy (non-hydrogen) atoms. The van der Waals surface area contributed by atoms with E-state index in [0.29, 0.717) is 10.7 Å². The van der Waals surface area contributed by atoms with Crippen molar-refractivity contribution in [2.75, 3.05) is 0 Å². The molecular formula is C17H20ClN3O3S. The Kier molecular flexibility index (Phi) is 6.52. The summed E-state index contributed by atoms with van der Waals surface area (Å²) in [5, 5.41) is 3.15. The van der Waals surface area contributed by atoms with E-state index in [1.165, 1.54) is 24.3 Å².